The molecule has 2 heterocycles. The van der Waals surface area contributed by atoms with Gasteiger partial charge in [0.1, 0.15) is 0 Å². The molecule has 0 atom stereocenters. The number of halogens is 1. The Morgan fingerprint density at radius 2 is 1.89 bits per heavy atom. The molecule has 0 saturated heterocycles. The topological polar surface area (TPSA) is 47.6 Å². The molecule has 3 aromatic rings. The summed E-state index contributed by atoms with van der Waals surface area (Å²) in [5, 5.41) is 3.12. The van der Waals surface area contributed by atoms with Crippen molar-refractivity contribution in [2.45, 2.75) is 25.2 Å². The summed E-state index contributed by atoms with van der Waals surface area (Å²) in [5.74, 6) is 1.46. The number of carbonyl (C=O) groups excluding carboxylic acids is 1. The molecular weight excluding hydrogens is 394 g/mol. The third-order valence-corrected chi connectivity index (χ3v) is 6.71. The van der Waals surface area contributed by atoms with Crippen LogP contribution in [0.25, 0.3) is 10.4 Å². The van der Waals surface area contributed by atoms with E-state index in [1.165, 1.54) is 11.3 Å². The number of hydrogen-bond donors (Lipinski definition) is 1. The largest absolute Gasteiger partial charge is 0.454 e. The Bertz CT molecular complexity index is 1090. The molecule has 4 nitrogen and oxygen atoms in total. The van der Waals surface area contributed by atoms with Crippen LogP contribution in [0.5, 0.6) is 11.5 Å². The Balaban J connectivity index is 1.41. The van der Waals surface area contributed by atoms with Gasteiger partial charge in [-0.3, -0.25) is 4.79 Å². The van der Waals surface area contributed by atoms with Gasteiger partial charge in [-0.05, 0) is 72.9 Å². The molecule has 6 heteroatoms. The summed E-state index contributed by atoms with van der Waals surface area (Å²) in [5.41, 5.74) is 3.52. The van der Waals surface area contributed by atoms with E-state index in [2.05, 4.69) is 12.2 Å². The zero-order valence-electron chi connectivity index (χ0n) is 15.3. The molecule has 1 amide bonds. The van der Waals surface area contributed by atoms with Gasteiger partial charge in [-0.1, -0.05) is 23.7 Å². The smallest absolute Gasteiger partial charge is 0.235 e. The van der Waals surface area contributed by atoms with Gasteiger partial charge in [0.2, 0.25) is 12.7 Å². The van der Waals surface area contributed by atoms with Gasteiger partial charge in [-0.15, -0.1) is 11.3 Å². The summed E-state index contributed by atoms with van der Waals surface area (Å²) in [6.45, 7) is 2.29. The molecule has 1 N–H and O–H groups in total. The predicted octanol–water partition coefficient (Wildman–Crippen LogP) is 5.78. The van der Waals surface area contributed by atoms with Crippen molar-refractivity contribution in [3.63, 3.8) is 0 Å². The van der Waals surface area contributed by atoms with Crippen LogP contribution < -0.4 is 14.8 Å². The lowest BCUT2D eigenvalue weighted by Crippen LogP contribution is -2.27. The minimum Gasteiger partial charge on any atom is -0.454 e. The van der Waals surface area contributed by atoms with Crippen LogP contribution in [0.15, 0.2) is 48.5 Å². The number of nitrogens with one attached hydrogen (secondary N) is 1. The molecule has 2 aromatic carbocycles. The molecule has 0 unspecified atom stereocenters. The molecule has 0 bridgehead atoms. The zero-order chi connectivity index (χ0) is 19.3. The Kier molecular flexibility index (Phi) is 4.11. The number of carbonyl (C=O) groups is 1. The van der Waals surface area contributed by atoms with E-state index in [4.69, 9.17) is 21.1 Å². The SMILES string of the molecule is Cc1ccc(NC(=O)C2(c3ccc4c(c3)OCO4)CC2)cc1-c1ccc(Cl)s1. The lowest BCUT2D eigenvalue weighted by molar-refractivity contribution is -0.118. The van der Waals surface area contributed by atoms with Crippen LogP contribution in [-0.4, -0.2) is 12.7 Å². The summed E-state index contributed by atoms with van der Waals surface area (Å²) >= 11 is 7.63. The van der Waals surface area contributed by atoms with E-state index in [1.807, 2.05) is 48.5 Å². The second-order valence-electron chi connectivity index (χ2n) is 7.24. The number of rotatable bonds is 4. The van der Waals surface area contributed by atoms with Gasteiger partial charge >= 0.3 is 0 Å². The highest BCUT2D eigenvalue weighted by molar-refractivity contribution is 7.19. The highest BCUT2D eigenvalue weighted by Crippen LogP contribution is 2.51. The fraction of sp³-hybridized carbons (Fsp3) is 0.227. The van der Waals surface area contributed by atoms with Crippen molar-refractivity contribution in [1.82, 2.24) is 0 Å². The van der Waals surface area contributed by atoms with Gasteiger partial charge in [0, 0.05) is 10.6 Å². The number of amides is 1. The van der Waals surface area contributed by atoms with Gasteiger partial charge in [-0.25, -0.2) is 0 Å². The van der Waals surface area contributed by atoms with Crippen LogP contribution >= 0.6 is 22.9 Å². The molecule has 5 rings (SSSR count). The fourth-order valence-electron chi connectivity index (χ4n) is 3.64. The van der Waals surface area contributed by atoms with Crippen LogP contribution in [-0.2, 0) is 10.2 Å². The predicted molar refractivity (Wildman–Crippen MR) is 112 cm³/mol. The van der Waals surface area contributed by atoms with Crippen LogP contribution in [0.1, 0.15) is 24.0 Å². The van der Waals surface area contributed by atoms with Crippen molar-refractivity contribution in [2.24, 2.45) is 0 Å². The number of ether oxygens (including phenoxy) is 2. The first kappa shape index (κ1) is 17.6. The molecule has 1 fully saturated rings. The average Bonchev–Trinajstić information content (AvgIpc) is 3.18. The van der Waals surface area contributed by atoms with Gasteiger partial charge in [-0.2, -0.15) is 0 Å². The monoisotopic (exact) mass is 411 g/mol. The number of aryl methyl sites for hydroxylation is 1. The highest BCUT2D eigenvalue weighted by atomic mass is 35.5. The maximum atomic E-state index is 13.1. The van der Waals surface area contributed by atoms with E-state index in [9.17, 15) is 4.79 Å². The van der Waals surface area contributed by atoms with E-state index in [-0.39, 0.29) is 12.7 Å². The summed E-state index contributed by atoms with van der Waals surface area (Å²) in [4.78, 5) is 14.2. The summed E-state index contributed by atoms with van der Waals surface area (Å²) in [6, 6.07) is 15.7. The highest BCUT2D eigenvalue weighted by Gasteiger charge is 2.51. The Morgan fingerprint density at radius 3 is 2.64 bits per heavy atom. The van der Waals surface area contributed by atoms with Crippen molar-refractivity contribution in [1.29, 1.82) is 0 Å². The third-order valence-electron chi connectivity index (χ3n) is 5.44. The number of fused-ring (bicyclic) bond motifs is 1. The average molecular weight is 412 g/mol. The van der Waals surface area contributed by atoms with E-state index >= 15 is 0 Å². The third kappa shape index (κ3) is 2.95. The Hall–Kier alpha value is -2.50. The van der Waals surface area contributed by atoms with Gasteiger partial charge in [0.25, 0.3) is 0 Å². The van der Waals surface area contributed by atoms with Gasteiger partial charge in [0.15, 0.2) is 11.5 Å². The van der Waals surface area contributed by atoms with E-state index < -0.39 is 5.41 Å². The van der Waals surface area contributed by atoms with E-state index in [0.717, 1.165) is 50.2 Å². The molecule has 28 heavy (non-hydrogen) atoms. The maximum Gasteiger partial charge on any atom is 0.235 e. The van der Waals surface area contributed by atoms with Crippen molar-refractivity contribution >= 4 is 34.5 Å². The van der Waals surface area contributed by atoms with Crippen molar-refractivity contribution < 1.29 is 14.3 Å². The summed E-state index contributed by atoms with van der Waals surface area (Å²) in [6.07, 6.45) is 1.66. The van der Waals surface area contributed by atoms with Gasteiger partial charge < -0.3 is 14.8 Å². The van der Waals surface area contributed by atoms with Crippen LogP contribution in [0, 0.1) is 6.92 Å². The first-order chi connectivity index (χ1) is 13.5. The summed E-state index contributed by atoms with van der Waals surface area (Å²) in [7, 11) is 0. The number of benzene rings is 2. The molecule has 2 aliphatic rings. The second kappa shape index (κ2) is 6.54. The van der Waals surface area contributed by atoms with E-state index in [1.54, 1.807) is 0 Å². The van der Waals surface area contributed by atoms with Crippen molar-refractivity contribution in [2.75, 3.05) is 12.1 Å². The number of hydrogen-bond acceptors (Lipinski definition) is 4. The molecule has 1 aliphatic heterocycles. The Morgan fingerprint density at radius 1 is 1.07 bits per heavy atom. The van der Waals surface area contributed by atoms with Crippen molar-refractivity contribution in [3.8, 4) is 21.9 Å². The minimum atomic E-state index is -0.488. The van der Waals surface area contributed by atoms with Crippen LogP contribution in [0.4, 0.5) is 5.69 Å². The first-order valence-electron chi connectivity index (χ1n) is 9.13. The lowest BCUT2D eigenvalue weighted by atomic mass is 9.94. The molecule has 1 aliphatic carbocycles. The molecule has 1 saturated carbocycles. The lowest BCUT2D eigenvalue weighted by Gasteiger charge is -2.17. The molecule has 1 aromatic heterocycles. The standard InChI is InChI=1S/C22H18ClNO3S/c1-13-2-4-15(11-16(13)19-6-7-20(23)28-19)24-21(25)22(8-9-22)14-3-5-17-18(10-14)27-12-26-17/h2-7,10-11H,8-9,12H2,1H3,(H,24,25). The quantitative estimate of drug-likeness (QED) is 0.592. The van der Waals surface area contributed by atoms with E-state index in [0.29, 0.717) is 5.75 Å². The number of anilines is 1. The first-order valence-corrected chi connectivity index (χ1v) is 10.3. The van der Waals surface area contributed by atoms with Crippen molar-refractivity contribution in [3.05, 3.63) is 64.0 Å². The Labute approximate surface area is 172 Å². The fourth-order valence-corrected chi connectivity index (χ4v) is 4.77. The molecule has 0 spiro atoms. The van der Waals surface area contributed by atoms with Crippen LogP contribution in [0.2, 0.25) is 4.34 Å². The van der Waals surface area contributed by atoms with Gasteiger partial charge in [0.05, 0.1) is 9.75 Å². The number of thiophene rings is 1. The second-order valence-corrected chi connectivity index (χ2v) is 8.95. The molecule has 0 radical (unpaired) electrons. The molecular formula is C22H18ClNO3S. The normalized spacial score (nSPS) is 16.1. The maximum absolute atomic E-state index is 13.1. The zero-order valence-corrected chi connectivity index (χ0v) is 16.8. The minimum absolute atomic E-state index is 0.0189. The summed E-state index contributed by atoms with van der Waals surface area (Å²) < 4.78 is 11.6. The van der Waals surface area contributed by atoms with Crippen LogP contribution in [0.3, 0.4) is 0 Å². The molecule has 142 valence electrons.